The Kier molecular flexibility index (Phi) is 8.04. The highest BCUT2D eigenvalue weighted by Crippen LogP contribution is 2.28. The lowest BCUT2D eigenvalue weighted by Crippen LogP contribution is -2.45. The van der Waals surface area contributed by atoms with Crippen molar-refractivity contribution in [3.63, 3.8) is 0 Å². The van der Waals surface area contributed by atoms with Crippen LogP contribution in [0.2, 0.25) is 0 Å². The smallest absolute Gasteiger partial charge is 0.230 e. The molecule has 0 radical (unpaired) electrons. The Morgan fingerprint density at radius 3 is 2.59 bits per heavy atom. The summed E-state index contributed by atoms with van der Waals surface area (Å²) in [5.41, 5.74) is 4.32. The SMILES string of the molecule is COc1ccccc1OCCNCC(C(=O)Nc1ccccc1C)C1CCc2ccccc2N1. The largest absolute Gasteiger partial charge is 0.493 e. The molecule has 1 aliphatic heterocycles. The first-order valence-corrected chi connectivity index (χ1v) is 11.8. The summed E-state index contributed by atoms with van der Waals surface area (Å²) in [7, 11) is 1.63. The van der Waals surface area contributed by atoms with Gasteiger partial charge in [-0.3, -0.25) is 4.79 Å². The van der Waals surface area contributed by atoms with Crippen LogP contribution in [0.25, 0.3) is 0 Å². The number of fused-ring (bicyclic) bond motifs is 1. The molecule has 0 aliphatic carbocycles. The van der Waals surface area contributed by atoms with E-state index in [1.165, 1.54) is 5.56 Å². The third-order valence-corrected chi connectivity index (χ3v) is 6.28. The molecule has 3 N–H and O–H groups in total. The summed E-state index contributed by atoms with van der Waals surface area (Å²) in [6.45, 7) is 3.66. The van der Waals surface area contributed by atoms with Crippen molar-refractivity contribution in [3.8, 4) is 11.5 Å². The maximum Gasteiger partial charge on any atom is 0.230 e. The van der Waals surface area contributed by atoms with Crippen molar-refractivity contribution in [3.05, 3.63) is 83.9 Å². The van der Waals surface area contributed by atoms with E-state index >= 15 is 0 Å². The second kappa shape index (κ2) is 11.6. The molecule has 0 saturated carbocycles. The molecule has 3 aromatic carbocycles. The third kappa shape index (κ3) is 5.88. The molecule has 178 valence electrons. The lowest BCUT2D eigenvalue weighted by Gasteiger charge is -2.33. The zero-order valence-electron chi connectivity index (χ0n) is 19.8. The van der Waals surface area contributed by atoms with Crippen LogP contribution in [0.4, 0.5) is 11.4 Å². The average Bonchev–Trinajstić information content (AvgIpc) is 2.87. The van der Waals surface area contributed by atoms with Gasteiger partial charge in [0.2, 0.25) is 5.91 Å². The van der Waals surface area contributed by atoms with Crippen LogP contribution in [-0.4, -0.2) is 38.8 Å². The molecule has 2 unspecified atom stereocenters. The second-order valence-electron chi connectivity index (χ2n) is 8.56. The van der Waals surface area contributed by atoms with Crippen LogP contribution in [0, 0.1) is 12.8 Å². The molecular weight excluding hydrogens is 426 g/mol. The molecule has 0 fully saturated rings. The van der Waals surface area contributed by atoms with E-state index in [0.717, 1.165) is 29.8 Å². The van der Waals surface area contributed by atoms with E-state index in [1.54, 1.807) is 7.11 Å². The molecule has 6 heteroatoms. The van der Waals surface area contributed by atoms with Gasteiger partial charge in [-0.25, -0.2) is 0 Å². The van der Waals surface area contributed by atoms with Crippen molar-refractivity contribution < 1.29 is 14.3 Å². The van der Waals surface area contributed by atoms with Crippen molar-refractivity contribution >= 4 is 17.3 Å². The molecule has 1 heterocycles. The van der Waals surface area contributed by atoms with Crippen LogP contribution in [0.5, 0.6) is 11.5 Å². The van der Waals surface area contributed by atoms with Crippen LogP contribution in [-0.2, 0) is 11.2 Å². The fourth-order valence-electron chi connectivity index (χ4n) is 4.35. The van der Waals surface area contributed by atoms with Crippen molar-refractivity contribution in [2.24, 2.45) is 5.92 Å². The molecule has 0 aromatic heterocycles. The Balaban J connectivity index is 1.39. The summed E-state index contributed by atoms with van der Waals surface area (Å²) in [4.78, 5) is 13.4. The number of para-hydroxylation sites is 4. The molecule has 0 spiro atoms. The molecule has 4 rings (SSSR count). The van der Waals surface area contributed by atoms with Gasteiger partial charge < -0.3 is 25.4 Å². The molecule has 3 aromatic rings. The molecule has 34 heavy (non-hydrogen) atoms. The highest BCUT2D eigenvalue weighted by molar-refractivity contribution is 5.94. The number of carbonyl (C=O) groups excluding carboxylic acids is 1. The lowest BCUT2D eigenvalue weighted by molar-refractivity contribution is -0.120. The van der Waals surface area contributed by atoms with E-state index in [9.17, 15) is 4.79 Å². The number of methoxy groups -OCH3 is 1. The minimum absolute atomic E-state index is 0.0179. The summed E-state index contributed by atoms with van der Waals surface area (Å²) in [6.07, 6.45) is 1.86. The monoisotopic (exact) mass is 459 g/mol. The first kappa shape index (κ1) is 23.6. The predicted octanol–water partition coefficient (Wildman–Crippen LogP) is 4.65. The Labute approximate surface area is 201 Å². The van der Waals surface area contributed by atoms with Crippen LogP contribution in [0.15, 0.2) is 72.8 Å². The van der Waals surface area contributed by atoms with E-state index in [1.807, 2.05) is 61.5 Å². The minimum Gasteiger partial charge on any atom is -0.493 e. The number of amides is 1. The summed E-state index contributed by atoms with van der Waals surface area (Å²) in [5.74, 6) is 1.21. The minimum atomic E-state index is -0.237. The highest BCUT2D eigenvalue weighted by Gasteiger charge is 2.31. The number of rotatable bonds is 10. The number of benzene rings is 3. The zero-order chi connectivity index (χ0) is 23.8. The molecule has 0 saturated heterocycles. The standard InChI is InChI=1S/C28H33N3O3/c1-20-9-3-5-11-23(20)31-28(32)22(25-16-15-21-10-4-6-12-24(21)30-25)19-29-17-18-34-27-14-8-7-13-26(27)33-2/h3-14,22,25,29-30H,15-19H2,1-2H3,(H,31,32). The third-order valence-electron chi connectivity index (χ3n) is 6.28. The van der Waals surface area contributed by atoms with Gasteiger partial charge in [0.25, 0.3) is 0 Å². The zero-order valence-corrected chi connectivity index (χ0v) is 19.8. The fourth-order valence-corrected chi connectivity index (χ4v) is 4.35. The Hall–Kier alpha value is -3.51. The van der Waals surface area contributed by atoms with Gasteiger partial charge in [0.05, 0.1) is 13.0 Å². The maximum absolute atomic E-state index is 13.4. The van der Waals surface area contributed by atoms with Crippen LogP contribution in [0.3, 0.4) is 0 Å². The summed E-state index contributed by atoms with van der Waals surface area (Å²) >= 11 is 0. The van der Waals surface area contributed by atoms with Crippen molar-refractivity contribution in [1.82, 2.24) is 5.32 Å². The molecule has 0 bridgehead atoms. The average molecular weight is 460 g/mol. The molecule has 1 amide bonds. The Bertz CT molecular complexity index is 1100. The van der Waals surface area contributed by atoms with Gasteiger partial charge in [0.1, 0.15) is 6.61 Å². The van der Waals surface area contributed by atoms with Crippen molar-refractivity contribution in [2.45, 2.75) is 25.8 Å². The number of aryl methyl sites for hydroxylation is 2. The van der Waals surface area contributed by atoms with Crippen LogP contribution in [0.1, 0.15) is 17.5 Å². The Morgan fingerprint density at radius 1 is 1.03 bits per heavy atom. The van der Waals surface area contributed by atoms with E-state index in [2.05, 4.69) is 34.1 Å². The van der Waals surface area contributed by atoms with Gasteiger partial charge in [0.15, 0.2) is 11.5 Å². The van der Waals surface area contributed by atoms with Crippen LogP contribution >= 0.6 is 0 Å². The highest BCUT2D eigenvalue weighted by atomic mass is 16.5. The van der Waals surface area contributed by atoms with Crippen molar-refractivity contribution in [1.29, 1.82) is 0 Å². The van der Waals surface area contributed by atoms with Gasteiger partial charge in [0, 0.05) is 30.5 Å². The number of ether oxygens (including phenoxy) is 2. The second-order valence-corrected chi connectivity index (χ2v) is 8.56. The normalized spacial score (nSPS) is 15.5. The van der Waals surface area contributed by atoms with Gasteiger partial charge in [-0.05, 0) is 55.2 Å². The molecule has 2 atom stereocenters. The topological polar surface area (TPSA) is 71.6 Å². The first-order valence-electron chi connectivity index (χ1n) is 11.8. The summed E-state index contributed by atoms with van der Waals surface area (Å²) < 4.78 is 11.2. The lowest BCUT2D eigenvalue weighted by atomic mass is 9.88. The number of carbonyl (C=O) groups is 1. The van der Waals surface area contributed by atoms with Gasteiger partial charge in [-0.15, -0.1) is 0 Å². The number of hydrogen-bond acceptors (Lipinski definition) is 5. The molecule has 1 aliphatic rings. The van der Waals surface area contributed by atoms with Gasteiger partial charge >= 0.3 is 0 Å². The number of hydrogen-bond donors (Lipinski definition) is 3. The van der Waals surface area contributed by atoms with E-state index in [4.69, 9.17) is 9.47 Å². The Morgan fingerprint density at radius 2 is 1.76 bits per heavy atom. The molecule has 6 nitrogen and oxygen atoms in total. The number of nitrogens with one attached hydrogen (secondary N) is 3. The van der Waals surface area contributed by atoms with Crippen molar-refractivity contribution in [2.75, 3.05) is 37.4 Å². The van der Waals surface area contributed by atoms with E-state index in [0.29, 0.717) is 31.2 Å². The fraction of sp³-hybridized carbons (Fsp3) is 0.321. The van der Waals surface area contributed by atoms with Crippen LogP contribution < -0.4 is 25.4 Å². The summed E-state index contributed by atoms with van der Waals surface area (Å²) in [6, 6.07) is 23.8. The van der Waals surface area contributed by atoms with Gasteiger partial charge in [-0.1, -0.05) is 48.5 Å². The van der Waals surface area contributed by atoms with E-state index in [-0.39, 0.29) is 17.9 Å². The maximum atomic E-state index is 13.4. The van der Waals surface area contributed by atoms with E-state index < -0.39 is 0 Å². The summed E-state index contributed by atoms with van der Waals surface area (Å²) in [5, 5.41) is 10.2. The predicted molar refractivity (Wildman–Crippen MR) is 137 cm³/mol. The number of anilines is 2. The quantitative estimate of drug-likeness (QED) is 0.385. The first-order chi connectivity index (χ1) is 16.7. The molecular formula is C28H33N3O3. The van der Waals surface area contributed by atoms with Gasteiger partial charge in [-0.2, -0.15) is 0 Å².